The zero-order chi connectivity index (χ0) is 15.8. The molecule has 0 radical (unpaired) electrons. The van der Waals surface area contributed by atoms with Crippen molar-refractivity contribution in [3.05, 3.63) is 35.4 Å². The Morgan fingerprint density at radius 3 is 2.91 bits per heavy atom. The second kappa shape index (κ2) is 6.16. The van der Waals surface area contributed by atoms with Gasteiger partial charge in [0.1, 0.15) is 6.10 Å². The lowest BCUT2D eigenvalue weighted by atomic mass is 9.71. The Labute approximate surface area is 138 Å². The zero-order valence-electron chi connectivity index (χ0n) is 13.8. The van der Waals surface area contributed by atoms with Gasteiger partial charge in [0.25, 0.3) is 0 Å². The van der Waals surface area contributed by atoms with Crippen molar-refractivity contribution >= 4 is 6.09 Å². The van der Waals surface area contributed by atoms with Crippen LogP contribution in [0.5, 0.6) is 0 Å². The number of fused-ring (bicyclic) bond motifs is 3. The number of benzene rings is 1. The Hall–Kier alpha value is -1.55. The summed E-state index contributed by atoms with van der Waals surface area (Å²) in [7, 11) is 0. The maximum Gasteiger partial charge on any atom is 0.410 e. The lowest BCUT2D eigenvalue weighted by Gasteiger charge is -2.44. The Kier molecular flexibility index (Phi) is 4.02. The number of amides is 1. The lowest BCUT2D eigenvalue weighted by molar-refractivity contribution is -0.0379. The van der Waals surface area contributed by atoms with Gasteiger partial charge in [-0.2, -0.15) is 0 Å². The Bertz CT molecular complexity index is 586. The second-order valence-electron chi connectivity index (χ2n) is 7.52. The number of carbonyl (C=O) groups excluding carboxylic acids is 1. The van der Waals surface area contributed by atoms with Gasteiger partial charge in [0.05, 0.1) is 0 Å². The van der Waals surface area contributed by atoms with Crippen molar-refractivity contribution in [1.29, 1.82) is 0 Å². The van der Waals surface area contributed by atoms with Crippen LogP contribution < -0.4 is 5.32 Å². The topological polar surface area (TPSA) is 41.6 Å². The Morgan fingerprint density at radius 1 is 1.22 bits per heavy atom. The largest absolute Gasteiger partial charge is 0.445 e. The highest BCUT2D eigenvalue weighted by atomic mass is 16.6. The SMILES string of the molecule is CC1CC2CNCC(C2)[C@H]1OC(=O)N1CCc2ccccc2C1. The van der Waals surface area contributed by atoms with E-state index in [0.29, 0.717) is 18.4 Å². The number of hydrogen-bond donors (Lipinski definition) is 1. The number of piperidine rings is 1. The number of carbonyl (C=O) groups is 1. The van der Waals surface area contributed by atoms with E-state index < -0.39 is 0 Å². The molecule has 4 rings (SSSR count). The van der Waals surface area contributed by atoms with E-state index in [2.05, 4.69) is 30.4 Å². The fourth-order valence-electron chi connectivity index (χ4n) is 4.68. The molecule has 2 bridgehead atoms. The third-order valence-electron chi connectivity index (χ3n) is 5.83. The van der Waals surface area contributed by atoms with E-state index in [1.807, 2.05) is 11.0 Å². The highest BCUT2D eigenvalue weighted by molar-refractivity contribution is 5.68. The van der Waals surface area contributed by atoms with Crippen molar-refractivity contribution in [2.45, 2.75) is 38.8 Å². The normalized spacial score (nSPS) is 33.0. The van der Waals surface area contributed by atoms with Gasteiger partial charge in [-0.05, 0) is 48.8 Å². The van der Waals surface area contributed by atoms with E-state index in [0.717, 1.165) is 32.0 Å². The van der Waals surface area contributed by atoms with Gasteiger partial charge in [0.2, 0.25) is 0 Å². The van der Waals surface area contributed by atoms with Crippen LogP contribution in [0.2, 0.25) is 0 Å². The predicted octanol–water partition coefficient (Wildman–Crippen LogP) is 2.82. The summed E-state index contributed by atoms with van der Waals surface area (Å²) in [5, 5.41) is 3.50. The zero-order valence-corrected chi connectivity index (χ0v) is 13.8. The van der Waals surface area contributed by atoms with Crippen molar-refractivity contribution in [1.82, 2.24) is 10.2 Å². The van der Waals surface area contributed by atoms with Gasteiger partial charge in [0.15, 0.2) is 0 Å². The van der Waals surface area contributed by atoms with Crippen molar-refractivity contribution in [2.24, 2.45) is 17.8 Å². The first-order valence-electron chi connectivity index (χ1n) is 8.94. The van der Waals surface area contributed by atoms with Crippen LogP contribution in [0.1, 0.15) is 30.9 Å². The maximum absolute atomic E-state index is 12.7. The molecule has 1 saturated heterocycles. The van der Waals surface area contributed by atoms with Crippen molar-refractivity contribution in [3.63, 3.8) is 0 Å². The molecule has 124 valence electrons. The molecular formula is C19H26N2O2. The van der Waals surface area contributed by atoms with E-state index in [1.165, 1.54) is 24.0 Å². The van der Waals surface area contributed by atoms with E-state index in [4.69, 9.17) is 4.74 Å². The molecule has 23 heavy (non-hydrogen) atoms. The monoisotopic (exact) mass is 314 g/mol. The van der Waals surface area contributed by atoms with E-state index >= 15 is 0 Å². The van der Waals surface area contributed by atoms with Crippen LogP contribution in [0.4, 0.5) is 4.79 Å². The van der Waals surface area contributed by atoms with Crippen LogP contribution in [0.25, 0.3) is 0 Å². The number of hydrogen-bond acceptors (Lipinski definition) is 3. The first-order chi connectivity index (χ1) is 11.2. The minimum absolute atomic E-state index is 0.0729. The molecule has 1 aromatic rings. The second-order valence-corrected chi connectivity index (χ2v) is 7.52. The minimum atomic E-state index is -0.125. The van der Waals surface area contributed by atoms with Crippen LogP contribution in [0.3, 0.4) is 0 Å². The minimum Gasteiger partial charge on any atom is -0.445 e. The maximum atomic E-state index is 12.7. The summed E-state index contributed by atoms with van der Waals surface area (Å²) < 4.78 is 5.99. The molecular weight excluding hydrogens is 288 g/mol. The van der Waals surface area contributed by atoms with Gasteiger partial charge in [-0.15, -0.1) is 0 Å². The van der Waals surface area contributed by atoms with Crippen LogP contribution in [0.15, 0.2) is 24.3 Å². The summed E-state index contributed by atoms with van der Waals surface area (Å²) in [4.78, 5) is 14.5. The molecule has 4 atom stereocenters. The summed E-state index contributed by atoms with van der Waals surface area (Å²) in [5.41, 5.74) is 2.62. The average Bonchev–Trinajstić information content (AvgIpc) is 2.58. The van der Waals surface area contributed by atoms with E-state index in [-0.39, 0.29) is 12.2 Å². The lowest BCUT2D eigenvalue weighted by Crippen LogP contribution is -2.51. The molecule has 0 spiro atoms. The highest BCUT2D eigenvalue weighted by Gasteiger charge is 2.40. The summed E-state index contributed by atoms with van der Waals surface area (Å²) in [6, 6.07) is 8.40. The van der Waals surface area contributed by atoms with Gasteiger partial charge in [-0.25, -0.2) is 4.79 Å². The number of rotatable bonds is 1. The molecule has 4 nitrogen and oxygen atoms in total. The van der Waals surface area contributed by atoms with Crippen LogP contribution >= 0.6 is 0 Å². The molecule has 0 aromatic heterocycles. The first kappa shape index (κ1) is 15.0. The Morgan fingerprint density at radius 2 is 2.04 bits per heavy atom. The molecule has 2 fully saturated rings. The van der Waals surface area contributed by atoms with Gasteiger partial charge < -0.3 is 15.0 Å². The first-order valence-corrected chi connectivity index (χ1v) is 8.94. The van der Waals surface area contributed by atoms with E-state index in [9.17, 15) is 4.79 Å². The fraction of sp³-hybridized carbons (Fsp3) is 0.632. The molecule has 2 heterocycles. The molecule has 1 aromatic carbocycles. The van der Waals surface area contributed by atoms with Crippen molar-refractivity contribution in [3.8, 4) is 0 Å². The van der Waals surface area contributed by atoms with Crippen LogP contribution in [0, 0.1) is 17.8 Å². The molecule has 1 saturated carbocycles. The molecule has 4 heteroatoms. The van der Waals surface area contributed by atoms with E-state index in [1.54, 1.807) is 0 Å². The molecule has 3 unspecified atom stereocenters. The summed E-state index contributed by atoms with van der Waals surface area (Å²) in [6.45, 7) is 5.81. The third-order valence-corrected chi connectivity index (χ3v) is 5.83. The van der Waals surface area contributed by atoms with Crippen molar-refractivity contribution < 1.29 is 9.53 Å². The smallest absolute Gasteiger partial charge is 0.410 e. The average molecular weight is 314 g/mol. The summed E-state index contributed by atoms with van der Waals surface area (Å²) in [6.07, 6.45) is 3.25. The molecule has 1 N–H and O–H groups in total. The number of ether oxygens (including phenoxy) is 1. The van der Waals surface area contributed by atoms with Crippen molar-refractivity contribution in [2.75, 3.05) is 19.6 Å². The van der Waals surface area contributed by atoms with Gasteiger partial charge >= 0.3 is 6.09 Å². The third kappa shape index (κ3) is 2.97. The van der Waals surface area contributed by atoms with Gasteiger partial charge in [-0.1, -0.05) is 31.2 Å². The van der Waals surface area contributed by atoms with Crippen LogP contribution in [-0.2, 0) is 17.7 Å². The standard InChI is InChI=1S/C19H26N2O2/c1-13-8-14-9-17(11-20-10-14)18(13)23-19(22)21-7-6-15-4-2-3-5-16(15)12-21/h2-5,13-14,17-18,20H,6-12H2,1H3/t13?,14?,17?,18-/m0/s1. The Balaban J connectivity index is 1.42. The molecule has 3 aliphatic rings. The molecule has 2 aliphatic heterocycles. The molecule has 1 aliphatic carbocycles. The number of nitrogens with one attached hydrogen (secondary N) is 1. The fourth-order valence-corrected chi connectivity index (χ4v) is 4.68. The van der Waals surface area contributed by atoms with Crippen LogP contribution in [-0.4, -0.2) is 36.7 Å². The van der Waals surface area contributed by atoms with Gasteiger partial charge in [-0.3, -0.25) is 0 Å². The highest BCUT2D eigenvalue weighted by Crippen LogP contribution is 2.37. The quantitative estimate of drug-likeness (QED) is 0.866. The predicted molar refractivity (Wildman–Crippen MR) is 89.1 cm³/mol. The summed E-state index contributed by atoms with van der Waals surface area (Å²) >= 11 is 0. The molecule has 1 amide bonds. The van der Waals surface area contributed by atoms with Gasteiger partial charge in [0, 0.05) is 25.6 Å². The summed E-state index contributed by atoms with van der Waals surface area (Å²) in [5.74, 6) is 1.72. The number of nitrogens with zero attached hydrogens (tertiary/aromatic N) is 1.